The number of imidazole rings is 1. The van der Waals surface area contributed by atoms with E-state index in [2.05, 4.69) is 30.3 Å². The third-order valence-corrected chi connectivity index (χ3v) is 5.97. The average Bonchev–Trinajstić information content (AvgIpc) is 3.20. The van der Waals surface area contributed by atoms with Gasteiger partial charge in [-0.15, -0.1) is 0 Å². The summed E-state index contributed by atoms with van der Waals surface area (Å²) in [5.74, 6) is 2.05. The van der Waals surface area contributed by atoms with Gasteiger partial charge in [-0.25, -0.2) is 4.98 Å². The molecule has 0 aliphatic carbocycles. The molecule has 2 aromatic rings. The van der Waals surface area contributed by atoms with E-state index in [1.165, 1.54) is 12.8 Å². The quantitative estimate of drug-likeness (QED) is 0.483. The number of nitrogens with two attached hydrogens (primary N) is 1. The number of para-hydroxylation sites is 1. The van der Waals surface area contributed by atoms with Gasteiger partial charge in [0.15, 0.2) is 0 Å². The van der Waals surface area contributed by atoms with Crippen LogP contribution in [-0.4, -0.2) is 45.8 Å². The molecule has 1 aliphatic rings. The highest BCUT2D eigenvalue weighted by Gasteiger charge is 2.34. The molecule has 2 N–H and O–H groups in total. The number of amides is 1. The molecule has 0 fully saturated rings. The number of ether oxygens (including phenoxy) is 1. The largest absolute Gasteiger partial charge is 0.496 e. The smallest absolute Gasteiger partial charge is 0.241 e. The fourth-order valence-corrected chi connectivity index (χ4v) is 4.13. The van der Waals surface area contributed by atoms with E-state index in [1.807, 2.05) is 29.2 Å². The van der Waals surface area contributed by atoms with Crippen LogP contribution in [0.15, 0.2) is 30.5 Å². The van der Waals surface area contributed by atoms with Crippen LogP contribution in [0.4, 0.5) is 0 Å². The molecule has 0 spiro atoms. The SMILES string of the molecule is CCCCCC[C@H]1c2nc(-c3ccccc3OC)cn2CCN1C(=O)[C@@H](N)CS. The van der Waals surface area contributed by atoms with Crippen molar-refractivity contribution in [1.29, 1.82) is 0 Å². The lowest BCUT2D eigenvalue weighted by molar-refractivity contribution is -0.136. The molecule has 29 heavy (non-hydrogen) atoms. The minimum atomic E-state index is -0.577. The molecule has 7 heteroatoms. The summed E-state index contributed by atoms with van der Waals surface area (Å²) in [7, 11) is 1.67. The van der Waals surface area contributed by atoms with E-state index in [1.54, 1.807) is 7.11 Å². The molecule has 2 atom stereocenters. The van der Waals surface area contributed by atoms with Gasteiger partial charge in [-0.2, -0.15) is 12.6 Å². The highest BCUT2D eigenvalue weighted by molar-refractivity contribution is 7.80. The number of hydrogen-bond donors (Lipinski definition) is 2. The first kappa shape index (κ1) is 21.7. The van der Waals surface area contributed by atoms with Crippen LogP contribution in [-0.2, 0) is 11.3 Å². The van der Waals surface area contributed by atoms with Crippen molar-refractivity contribution >= 4 is 18.5 Å². The molecule has 0 radical (unpaired) electrons. The van der Waals surface area contributed by atoms with E-state index in [4.69, 9.17) is 15.5 Å². The summed E-state index contributed by atoms with van der Waals surface area (Å²) in [5.41, 5.74) is 7.87. The fourth-order valence-electron chi connectivity index (χ4n) is 3.98. The third-order valence-electron chi connectivity index (χ3n) is 5.57. The van der Waals surface area contributed by atoms with E-state index in [9.17, 15) is 4.79 Å². The summed E-state index contributed by atoms with van der Waals surface area (Å²) in [6, 6.07) is 7.27. The second-order valence-corrected chi connectivity index (χ2v) is 7.93. The second-order valence-electron chi connectivity index (χ2n) is 7.56. The molecule has 1 aliphatic heterocycles. The average molecular weight is 417 g/mol. The van der Waals surface area contributed by atoms with Gasteiger partial charge in [-0.3, -0.25) is 4.79 Å². The number of aromatic nitrogens is 2. The summed E-state index contributed by atoms with van der Waals surface area (Å²) in [6.45, 7) is 3.57. The fraction of sp³-hybridized carbons (Fsp3) is 0.545. The summed E-state index contributed by atoms with van der Waals surface area (Å²) >= 11 is 4.22. The van der Waals surface area contributed by atoms with E-state index in [-0.39, 0.29) is 11.9 Å². The molecule has 2 heterocycles. The summed E-state index contributed by atoms with van der Waals surface area (Å²) in [4.78, 5) is 19.8. The third kappa shape index (κ3) is 4.78. The molecule has 0 saturated carbocycles. The molecule has 0 bridgehead atoms. The highest BCUT2D eigenvalue weighted by atomic mass is 32.1. The lowest BCUT2D eigenvalue weighted by Crippen LogP contribution is -2.50. The van der Waals surface area contributed by atoms with Gasteiger partial charge in [0.2, 0.25) is 5.91 Å². The monoisotopic (exact) mass is 416 g/mol. The Hall–Kier alpha value is -1.99. The first-order valence-electron chi connectivity index (χ1n) is 10.5. The normalized spacial score (nSPS) is 17.1. The molecular formula is C22H32N4O2S. The van der Waals surface area contributed by atoms with Crippen LogP contribution in [0.25, 0.3) is 11.3 Å². The first-order valence-corrected chi connectivity index (χ1v) is 11.1. The number of fused-ring (bicyclic) bond motifs is 1. The Morgan fingerprint density at radius 2 is 2.10 bits per heavy atom. The van der Waals surface area contributed by atoms with Gasteiger partial charge >= 0.3 is 0 Å². The van der Waals surface area contributed by atoms with Crippen molar-refractivity contribution in [2.75, 3.05) is 19.4 Å². The molecule has 0 saturated heterocycles. The molecule has 158 valence electrons. The van der Waals surface area contributed by atoms with Crippen molar-refractivity contribution in [1.82, 2.24) is 14.5 Å². The van der Waals surface area contributed by atoms with Crippen molar-refractivity contribution < 1.29 is 9.53 Å². The zero-order valence-electron chi connectivity index (χ0n) is 17.4. The number of hydrogen-bond acceptors (Lipinski definition) is 5. The van der Waals surface area contributed by atoms with Gasteiger partial charge in [-0.05, 0) is 18.6 Å². The highest BCUT2D eigenvalue weighted by Crippen LogP contribution is 2.35. The molecular weight excluding hydrogens is 384 g/mol. The lowest BCUT2D eigenvalue weighted by atomic mass is 10.0. The molecule has 1 amide bonds. The lowest BCUT2D eigenvalue weighted by Gasteiger charge is -2.37. The van der Waals surface area contributed by atoms with Crippen molar-refractivity contribution in [3.8, 4) is 17.0 Å². The molecule has 1 aromatic heterocycles. The van der Waals surface area contributed by atoms with Crippen LogP contribution in [0.3, 0.4) is 0 Å². The number of benzene rings is 1. The zero-order valence-corrected chi connectivity index (χ0v) is 18.3. The Labute approximate surface area is 178 Å². The van der Waals surface area contributed by atoms with E-state index >= 15 is 0 Å². The Morgan fingerprint density at radius 3 is 2.83 bits per heavy atom. The molecule has 1 aromatic carbocycles. The maximum absolute atomic E-state index is 12.9. The predicted molar refractivity (Wildman–Crippen MR) is 119 cm³/mol. The van der Waals surface area contributed by atoms with Crippen molar-refractivity contribution in [3.05, 3.63) is 36.3 Å². The maximum atomic E-state index is 12.9. The number of unbranched alkanes of at least 4 members (excludes halogenated alkanes) is 3. The topological polar surface area (TPSA) is 73.4 Å². The Morgan fingerprint density at radius 1 is 1.31 bits per heavy atom. The zero-order chi connectivity index (χ0) is 20.8. The maximum Gasteiger partial charge on any atom is 0.241 e. The van der Waals surface area contributed by atoms with Crippen LogP contribution in [0.5, 0.6) is 5.75 Å². The number of rotatable bonds is 9. The van der Waals surface area contributed by atoms with Crippen molar-refractivity contribution in [2.24, 2.45) is 5.73 Å². The van der Waals surface area contributed by atoms with Crippen molar-refractivity contribution in [2.45, 2.75) is 57.7 Å². The summed E-state index contributed by atoms with van der Waals surface area (Å²) in [5, 5.41) is 0. The summed E-state index contributed by atoms with van der Waals surface area (Å²) in [6.07, 6.45) is 7.59. The van der Waals surface area contributed by atoms with Crippen LogP contribution < -0.4 is 10.5 Å². The Balaban J connectivity index is 1.92. The van der Waals surface area contributed by atoms with Crippen molar-refractivity contribution in [3.63, 3.8) is 0 Å². The van der Waals surface area contributed by atoms with Gasteiger partial charge in [0.05, 0.1) is 24.9 Å². The molecule has 0 unspecified atom stereocenters. The van der Waals surface area contributed by atoms with Gasteiger partial charge in [0.1, 0.15) is 11.6 Å². The number of methoxy groups -OCH3 is 1. The van der Waals surface area contributed by atoms with E-state index < -0.39 is 6.04 Å². The first-order chi connectivity index (χ1) is 14.1. The van der Waals surface area contributed by atoms with Crippen LogP contribution in [0.2, 0.25) is 0 Å². The second kappa shape index (κ2) is 10.2. The number of carbonyl (C=O) groups is 1. The minimum Gasteiger partial charge on any atom is -0.496 e. The van der Waals surface area contributed by atoms with Crippen LogP contribution in [0, 0.1) is 0 Å². The van der Waals surface area contributed by atoms with Gasteiger partial charge in [0, 0.05) is 30.6 Å². The minimum absolute atomic E-state index is 0.0337. The predicted octanol–water partition coefficient (Wildman–Crippen LogP) is 3.67. The van der Waals surface area contributed by atoms with Gasteiger partial charge < -0.3 is 19.9 Å². The standard InChI is InChI=1S/C22H32N4O2S/c1-3-4-5-6-10-19-21-24-18(16-9-7-8-11-20(16)28-2)14-25(21)12-13-26(19)22(27)17(23)15-29/h7-9,11,14,17,19,29H,3-6,10,12-13,15,23H2,1-2H3/t17-,19-/m0/s1. The van der Waals surface area contributed by atoms with Crippen LogP contribution in [0.1, 0.15) is 50.9 Å². The van der Waals surface area contributed by atoms with Crippen LogP contribution >= 0.6 is 12.6 Å². The van der Waals surface area contributed by atoms with E-state index in [0.29, 0.717) is 18.8 Å². The van der Waals surface area contributed by atoms with Gasteiger partial charge in [0.25, 0.3) is 0 Å². The number of thiol groups is 1. The molecule has 3 rings (SSSR count). The van der Waals surface area contributed by atoms with E-state index in [0.717, 1.165) is 42.1 Å². The number of nitrogens with zero attached hydrogens (tertiary/aromatic N) is 3. The molecule has 6 nitrogen and oxygen atoms in total. The Kier molecular flexibility index (Phi) is 7.61. The summed E-state index contributed by atoms with van der Waals surface area (Å²) < 4.78 is 7.70. The Bertz CT molecular complexity index is 823. The number of carbonyl (C=O) groups excluding carboxylic acids is 1. The van der Waals surface area contributed by atoms with Gasteiger partial charge in [-0.1, -0.05) is 44.7 Å².